The maximum atomic E-state index is 11.6. The van der Waals surface area contributed by atoms with Crippen molar-refractivity contribution in [3.05, 3.63) is 60.1 Å². The molecule has 0 atom stereocenters. The Labute approximate surface area is 212 Å². The number of aliphatic imine (C=N–C) groups is 1. The molecule has 0 saturated heterocycles. The van der Waals surface area contributed by atoms with Gasteiger partial charge >= 0.3 is 35.6 Å². The molecule has 0 unspecified atom stereocenters. The van der Waals surface area contributed by atoms with E-state index in [9.17, 15) is 10.4 Å². The fraction of sp³-hybridized carbons (Fsp3) is 0. The number of ether oxygens (including phenoxy) is 1. The third kappa shape index (κ3) is 4.07. The number of oxazole rings is 1. The van der Waals surface area contributed by atoms with Gasteiger partial charge in [-0.3, -0.25) is 10.0 Å². The van der Waals surface area contributed by atoms with E-state index in [0.29, 0.717) is 61.0 Å². The van der Waals surface area contributed by atoms with E-state index in [1.807, 2.05) is 0 Å². The van der Waals surface area contributed by atoms with Gasteiger partial charge in [-0.25, -0.2) is 0 Å². The van der Waals surface area contributed by atoms with Crippen molar-refractivity contribution in [1.82, 2.24) is 0 Å². The average Bonchev–Trinajstić information content (AvgIpc) is 3.12. The van der Waals surface area contributed by atoms with Gasteiger partial charge in [-0.1, -0.05) is 24.3 Å². The van der Waals surface area contributed by atoms with E-state index in [1.165, 1.54) is 0 Å². The van der Waals surface area contributed by atoms with E-state index in [0.717, 1.165) is 6.08 Å². The molecule has 5 rings (SSSR count). The molecule has 1 aromatic heterocycles. The van der Waals surface area contributed by atoms with Crippen molar-refractivity contribution in [2.45, 2.75) is 4.90 Å². The molecule has 2 heterocycles. The number of fused-ring (bicyclic) bond motifs is 6. The van der Waals surface area contributed by atoms with Crippen molar-refractivity contribution in [2.75, 3.05) is 5.43 Å². The van der Waals surface area contributed by atoms with Gasteiger partial charge in [0.05, 0.1) is 22.6 Å². The molecule has 0 bridgehead atoms. The smallest absolute Gasteiger partial charge is 0.859 e. The summed E-state index contributed by atoms with van der Waals surface area (Å²) in [6.45, 7) is 3.41. The predicted octanol–water partition coefficient (Wildman–Crippen LogP) is 0.319. The maximum Gasteiger partial charge on any atom is 1.00 e. The monoisotopic (exact) mass is 479 g/mol. The van der Waals surface area contributed by atoms with Crippen molar-refractivity contribution in [2.24, 2.45) is 4.99 Å². The van der Waals surface area contributed by atoms with Crippen LogP contribution in [0.1, 0.15) is 0 Å². The zero-order valence-corrected chi connectivity index (χ0v) is 20.0. The summed E-state index contributed by atoms with van der Waals surface area (Å²) in [5.74, 6) is -0.0314. The van der Waals surface area contributed by atoms with E-state index in [2.05, 4.69) is 26.4 Å². The van der Waals surface area contributed by atoms with Crippen molar-refractivity contribution >= 4 is 62.8 Å². The summed E-state index contributed by atoms with van der Waals surface area (Å²) in [6, 6.07) is 12.0. The van der Waals surface area contributed by atoms with E-state index < -0.39 is 5.90 Å². The SMILES string of the molecule is C=CC([O-])=Nc1ccc2c3c(c(SOO[O-])cc2c1)N[n+]1c(oc2ccc(Cl)cc21)O3.[Na+]. The first-order valence-corrected chi connectivity index (χ1v) is 9.90. The minimum Gasteiger partial charge on any atom is -0.859 e. The second kappa shape index (κ2) is 9.30. The van der Waals surface area contributed by atoms with Gasteiger partial charge in [-0.05, 0) is 47.7 Å². The quantitative estimate of drug-likeness (QED) is 0.0729. The molecule has 4 aromatic rings. The van der Waals surface area contributed by atoms with Crippen LogP contribution in [0.15, 0.2) is 69.4 Å². The van der Waals surface area contributed by atoms with Crippen molar-refractivity contribution in [3.63, 3.8) is 0 Å². The molecule has 9 nitrogen and oxygen atoms in total. The van der Waals surface area contributed by atoms with Crippen molar-refractivity contribution in [1.29, 1.82) is 0 Å². The molecule has 0 spiro atoms. The zero-order valence-electron chi connectivity index (χ0n) is 16.5. The third-order valence-electron chi connectivity index (χ3n) is 4.56. The van der Waals surface area contributed by atoms with Gasteiger partial charge < -0.3 is 19.5 Å². The van der Waals surface area contributed by atoms with Crippen LogP contribution in [0.2, 0.25) is 5.02 Å². The largest absolute Gasteiger partial charge is 1.00 e. The van der Waals surface area contributed by atoms with Gasteiger partial charge in [0, 0.05) is 21.2 Å². The van der Waals surface area contributed by atoms with Crippen molar-refractivity contribution < 1.29 is 63.1 Å². The molecule has 1 N–H and O–H groups in total. The van der Waals surface area contributed by atoms with E-state index in [1.54, 1.807) is 47.1 Å². The summed E-state index contributed by atoms with van der Waals surface area (Å²) in [7, 11) is 0. The Morgan fingerprint density at radius 2 is 2.09 bits per heavy atom. The number of hydrogen-bond donors (Lipinski definition) is 1. The summed E-state index contributed by atoms with van der Waals surface area (Å²) in [6.07, 6.45) is 1.31. The first kappa shape index (κ1) is 22.9. The molecule has 0 saturated carbocycles. The van der Waals surface area contributed by atoms with Gasteiger partial charge in [-0.15, -0.1) is 5.43 Å². The Hall–Kier alpha value is -2.28. The summed E-state index contributed by atoms with van der Waals surface area (Å²) >= 11 is 6.82. The summed E-state index contributed by atoms with van der Waals surface area (Å²) in [5, 5.41) is 27.4. The van der Waals surface area contributed by atoms with Crippen LogP contribution in [0.5, 0.6) is 11.8 Å². The molecular formula is C20H11ClN3NaO6S. The first-order valence-electron chi connectivity index (χ1n) is 8.78. The van der Waals surface area contributed by atoms with Gasteiger partial charge in [-0.2, -0.15) is 4.33 Å². The van der Waals surface area contributed by atoms with Gasteiger partial charge in [0.2, 0.25) is 5.58 Å². The Morgan fingerprint density at radius 1 is 1.25 bits per heavy atom. The number of hydrogen-bond acceptors (Lipinski definition) is 9. The van der Waals surface area contributed by atoms with Gasteiger partial charge in [0.1, 0.15) is 0 Å². The summed E-state index contributed by atoms with van der Waals surface area (Å²) in [5.41, 5.74) is 5.37. The minimum absolute atomic E-state index is 0. The molecule has 156 valence electrons. The Bertz CT molecular complexity index is 1390. The van der Waals surface area contributed by atoms with Crippen LogP contribution in [0.25, 0.3) is 21.9 Å². The maximum absolute atomic E-state index is 11.6. The number of aromatic nitrogens is 1. The topological polar surface area (TPSA) is 115 Å². The molecule has 1 aliphatic rings. The number of anilines is 1. The zero-order chi connectivity index (χ0) is 21.5. The number of benzene rings is 3. The Morgan fingerprint density at radius 3 is 2.88 bits per heavy atom. The molecule has 12 heteroatoms. The molecule has 0 radical (unpaired) electrons. The van der Waals surface area contributed by atoms with Crippen LogP contribution < -0.4 is 54.8 Å². The van der Waals surface area contributed by atoms with Crippen LogP contribution >= 0.6 is 23.6 Å². The number of nitrogens with one attached hydrogen (secondary N) is 1. The average molecular weight is 480 g/mol. The molecule has 3 aromatic carbocycles. The van der Waals surface area contributed by atoms with Gasteiger partial charge in [0.15, 0.2) is 11.4 Å². The standard InChI is InChI=1S/C20H12ClN3O6S.Na/c1-2-17(25)22-12-4-5-13-10(7-12)8-16(31-30-29-26)18-19(13)28-20-24(23-18)14-9-11(21)3-6-15(14)27-20;/h2-9,23H,1H2,(H-,22,25,26);/q;+1/p-1. The van der Waals surface area contributed by atoms with Crippen LogP contribution in [-0.2, 0) is 9.37 Å². The van der Waals surface area contributed by atoms with Crippen LogP contribution in [0, 0.1) is 0 Å². The van der Waals surface area contributed by atoms with Crippen LogP contribution in [-0.4, -0.2) is 5.90 Å². The van der Waals surface area contributed by atoms with Crippen LogP contribution in [0.4, 0.5) is 11.4 Å². The summed E-state index contributed by atoms with van der Waals surface area (Å²) in [4.78, 5) is 4.43. The van der Waals surface area contributed by atoms with E-state index in [4.69, 9.17) is 20.8 Å². The van der Waals surface area contributed by atoms with E-state index >= 15 is 0 Å². The molecule has 1 aliphatic heterocycles. The Balaban J connectivity index is 0.00000245. The molecule has 0 fully saturated rings. The van der Waals surface area contributed by atoms with Gasteiger partial charge in [0.25, 0.3) is 5.52 Å². The second-order valence-corrected chi connectivity index (χ2v) is 7.57. The van der Waals surface area contributed by atoms with Crippen molar-refractivity contribution in [3.8, 4) is 11.8 Å². The molecular weight excluding hydrogens is 469 g/mol. The molecule has 0 amide bonds. The molecule has 0 aliphatic carbocycles. The minimum atomic E-state index is -0.463. The normalized spacial score (nSPS) is 12.5. The third-order valence-corrected chi connectivity index (χ3v) is 5.42. The van der Waals surface area contributed by atoms with E-state index in [-0.39, 0.29) is 35.6 Å². The first-order chi connectivity index (χ1) is 15.1. The number of rotatable bonds is 5. The predicted molar refractivity (Wildman–Crippen MR) is 110 cm³/mol. The second-order valence-electron chi connectivity index (χ2n) is 6.39. The fourth-order valence-corrected chi connectivity index (χ4v) is 3.93. The number of halogens is 1. The Kier molecular flexibility index (Phi) is 6.65. The molecule has 32 heavy (non-hydrogen) atoms. The summed E-state index contributed by atoms with van der Waals surface area (Å²) < 4.78 is 18.0. The number of nitrogens with zero attached hydrogens (tertiary/aromatic N) is 2. The fourth-order valence-electron chi connectivity index (χ4n) is 3.27. The van der Waals surface area contributed by atoms with Crippen LogP contribution in [0.3, 0.4) is 0 Å².